The van der Waals surface area contributed by atoms with Gasteiger partial charge in [0.1, 0.15) is 5.60 Å². The number of carbonyl (C=O) groups excluding carboxylic acids is 1. The summed E-state index contributed by atoms with van der Waals surface area (Å²) >= 11 is 0. The maximum atomic E-state index is 12.5. The van der Waals surface area contributed by atoms with Crippen LogP contribution in [-0.2, 0) is 0 Å². The molecule has 0 spiro atoms. The third kappa shape index (κ3) is 2.10. The third-order valence-electron chi connectivity index (χ3n) is 4.37. The number of likely N-dealkylation sites (tertiary alicyclic amines) is 1. The molecule has 0 radical (unpaired) electrons. The minimum atomic E-state index is -0.761. The molecule has 2 aromatic rings. The van der Waals surface area contributed by atoms with E-state index in [0.29, 0.717) is 18.7 Å². The van der Waals surface area contributed by atoms with E-state index in [-0.39, 0.29) is 11.8 Å². The number of β-amino-alcohol motifs (C(OH)–C–C–N with tert-alkyl or cyclic N) is 1. The summed E-state index contributed by atoms with van der Waals surface area (Å²) in [4.78, 5) is 18.5. The Kier molecular flexibility index (Phi) is 3.02. The van der Waals surface area contributed by atoms with Crippen LogP contribution in [0.1, 0.15) is 35.6 Å². The van der Waals surface area contributed by atoms with Gasteiger partial charge in [-0.2, -0.15) is 5.10 Å². The molecule has 1 fully saturated rings. The fourth-order valence-corrected chi connectivity index (χ4v) is 2.67. The van der Waals surface area contributed by atoms with Crippen LogP contribution in [0.2, 0.25) is 0 Å². The van der Waals surface area contributed by atoms with Crippen molar-refractivity contribution in [3.63, 3.8) is 0 Å². The van der Waals surface area contributed by atoms with Gasteiger partial charge in [-0.1, -0.05) is 13.8 Å². The summed E-state index contributed by atoms with van der Waals surface area (Å²) in [6.07, 6.45) is 1.60. The van der Waals surface area contributed by atoms with Crippen molar-refractivity contribution < 1.29 is 9.90 Å². The van der Waals surface area contributed by atoms with Crippen LogP contribution in [0.25, 0.3) is 5.65 Å². The Bertz CT molecular complexity index is 714. The molecule has 0 bridgehead atoms. The average Bonchev–Trinajstić information content (AvgIpc) is 2.76. The molecule has 0 unspecified atom stereocenters. The quantitative estimate of drug-likeness (QED) is 0.901. The Morgan fingerprint density at radius 1 is 1.38 bits per heavy atom. The molecule has 1 amide bonds. The van der Waals surface area contributed by atoms with Crippen LogP contribution in [0.3, 0.4) is 0 Å². The van der Waals surface area contributed by atoms with Crippen molar-refractivity contribution in [2.45, 2.75) is 33.3 Å². The van der Waals surface area contributed by atoms with Crippen LogP contribution in [0.5, 0.6) is 0 Å². The first-order valence-electron chi connectivity index (χ1n) is 7.15. The molecule has 3 heterocycles. The first-order valence-corrected chi connectivity index (χ1v) is 7.15. The Hall–Kier alpha value is -1.95. The van der Waals surface area contributed by atoms with Gasteiger partial charge in [-0.15, -0.1) is 0 Å². The smallest absolute Gasteiger partial charge is 0.257 e. The summed E-state index contributed by atoms with van der Waals surface area (Å²) < 4.78 is 1.69. The fraction of sp³-hybridized carbons (Fsp3) is 0.533. The second-order valence-corrected chi connectivity index (χ2v) is 6.23. The molecule has 21 heavy (non-hydrogen) atoms. The molecule has 6 nitrogen and oxygen atoms in total. The molecule has 1 aliphatic rings. The molecular weight excluding hydrogens is 268 g/mol. The average molecular weight is 288 g/mol. The van der Waals surface area contributed by atoms with Crippen LogP contribution in [0.15, 0.2) is 12.3 Å². The number of hydrogen-bond donors (Lipinski definition) is 1. The SMILES string of the molecule is Cc1cc2ncc(C(=O)N3CC(O)(C(C)C)C3)c(C)n2n1. The highest BCUT2D eigenvalue weighted by molar-refractivity contribution is 5.95. The van der Waals surface area contributed by atoms with Crippen molar-refractivity contribution in [2.24, 2.45) is 5.92 Å². The first-order chi connectivity index (χ1) is 9.82. The molecule has 0 atom stereocenters. The van der Waals surface area contributed by atoms with Crippen molar-refractivity contribution in [1.82, 2.24) is 19.5 Å². The summed E-state index contributed by atoms with van der Waals surface area (Å²) in [5.41, 5.74) is 2.16. The zero-order chi connectivity index (χ0) is 15.4. The minimum Gasteiger partial charge on any atom is -0.386 e. The highest BCUT2D eigenvalue weighted by Crippen LogP contribution is 2.30. The van der Waals surface area contributed by atoms with E-state index in [1.54, 1.807) is 15.6 Å². The van der Waals surface area contributed by atoms with E-state index >= 15 is 0 Å². The molecule has 0 saturated carbocycles. The van der Waals surface area contributed by atoms with Crippen molar-refractivity contribution >= 4 is 11.6 Å². The monoisotopic (exact) mass is 288 g/mol. The van der Waals surface area contributed by atoms with Gasteiger partial charge in [0, 0.05) is 12.3 Å². The van der Waals surface area contributed by atoms with Crippen LogP contribution in [-0.4, -0.2) is 49.2 Å². The van der Waals surface area contributed by atoms with E-state index in [2.05, 4.69) is 10.1 Å². The molecule has 2 aromatic heterocycles. The van der Waals surface area contributed by atoms with Crippen LogP contribution >= 0.6 is 0 Å². The van der Waals surface area contributed by atoms with Crippen molar-refractivity contribution in [3.8, 4) is 0 Å². The van der Waals surface area contributed by atoms with Gasteiger partial charge in [-0.25, -0.2) is 9.50 Å². The second-order valence-electron chi connectivity index (χ2n) is 6.23. The number of aryl methyl sites for hydroxylation is 2. The topological polar surface area (TPSA) is 70.7 Å². The Balaban J connectivity index is 1.88. The van der Waals surface area contributed by atoms with Gasteiger partial charge in [0.05, 0.1) is 30.0 Å². The Labute approximate surface area is 123 Å². The number of nitrogens with zero attached hydrogens (tertiary/aromatic N) is 4. The summed E-state index contributed by atoms with van der Waals surface area (Å²) in [7, 11) is 0. The molecule has 0 aromatic carbocycles. The van der Waals surface area contributed by atoms with Gasteiger partial charge in [-0.05, 0) is 19.8 Å². The lowest BCUT2D eigenvalue weighted by molar-refractivity contribution is -0.110. The van der Waals surface area contributed by atoms with Crippen LogP contribution in [0, 0.1) is 19.8 Å². The molecule has 3 rings (SSSR count). The number of rotatable bonds is 2. The molecule has 0 aliphatic carbocycles. The highest BCUT2D eigenvalue weighted by atomic mass is 16.3. The van der Waals surface area contributed by atoms with Crippen LogP contribution in [0.4, 0.5) is 0 Å². The predicted molar refractivity (Wildman–Crippen MR) is 78.2 cm³/mol. The number of aliphatic hydroxyl groups is 1. The summed E-state index contributed by atoms with van der Waals surface area (Å²) in [6, 6.07) is 1.88. The van der Waals surface area contributed by atoms with Gasteiger partial charge in [0.15, 0.2) is 5.65 Å². The van der Waals surface area contributed by atoms with E-state index < -0.39 is 5.60 Å². The van der Waals surface area contributed by atoms with E-state index in [0.717, 1.165) is 17.0 Å². The van der Waals surface area contributed by atoms with Crippen molar-refractivity contribution in [2.75, 3.05) is 13.1 Å². The molecule has 1 saturated heterocycles. The maximum absolute atomic E-state index is 12.5. The van der Waals surface area contributed by atoms with Gasteiger partial charge >= 0.3 is 0 Å². The highest BCUT2D eigenvalue weighted by Gasteiger charge is 2.46. The van der Waals surface area contributed by atoms with Crippen molar-refractivity contribution in [1.29, 1.82) is 0 Å². The minimum absolute atomic E-state index is 0.0969. The number of fused-ring (bicyclic) bond motifs is 1. The van der Waals surface area contributed by atoms with Gasteiger partial charge in [-0.3, -0.25) is 4.79 Å². The summed E-state index contributed by atoms with van der Waals surface area (Å²) in [5, 5.41) is 14.6. The lowest BCUT2D eigenvalue weighted by Gasteiger charge is -2.49. The third-order valence-corrected chi connectivity index (χ3v) is 4.37. The normalized spacial score (nSPS) is 17.3. The van der Waals surface area contributed by atoms with Crippen LogP contribution < -0.4 is 0 Å². The second kappa shape index (κ2) is 4.53. The van der Waals surface area contributed by atoms with Gasteiger partial charge in [0.2, 0.25) is 0 Å². The summed E-state index contributed by atoms with van der Waals surface area (Å²) in [5.74, 6) is 0.0393. The zero-order valence-electron chi connectivity index (χ0n) is 12.8. The lowest BCUT2D eigenvalue weighted by Crippen LogP contribution is -2.66. The molecule has 1 aliphatic heterocycles. The predicted octanol–water partition coefficient (Wildman–Crippen LogP) is 1.19. The molecule has 112 valence electrons. The van der Waals surface area contributed by atoms with E-state index in [1.165, 1.54) is 0 Å². The first kappa shape index (κ1) is 14.0. The number of aromatic nitrogens is 3. The van der Waals surface area contributed by atoms with Crippen molar-refractivity contribution in [3.05, 3.63) is 29.2 Å². The lowest BCUT2D eigenvalue weighted by atomic mass is 9.82. The van der Waals surface area contributed by atoms with E-state index in [1.807, 2.05) is 33.8 Å². The fourth-order valence-electron chi connectivity index (χ4n) is 2.67. The zero-order valence-corrected chi connectivity index (χ0v) is 12.8. The van der Waals surface area contributed by atoms with Gasteiger partial charge in [0.25, 0.3) is 5.91 Å². The molecule has 1 N–H and O–H groups in total. The standard InChI is InChI=1S/C15H20N4O2/c1-9(2)15(21)7-18(8-15)14(20)12-6-16-13-5-10(3)17-19(13)11(12)4/h5-6,9,21H,7-8H2,1-4H3. The van der Waals surface area contributed by atoms with Gasteiger partial charge < -0.3 is 10.0 Å². The number of hydrogen-bond acceptors (Lipinski definition) is 4. The Morgan fingerprint density at radius 2 is 2.05 bits per heavy atom. The summed E-state index contributed by atoms with van der Waals surface area (Å²) in [6.45, 7) is 8.44. The largest absolute Gasteiger partial charge is 0.386 e. The van der Waals surface area contributed by atoms with E-state index in [4.69, 9.17) is 0 Å². The Morgan fingerprint density at radius 3 is 2.67 bits per heavy atom. The number of carbonyl (C=O) groups is 1. The number of amides is 1. The maximum Gasteiger partial charge on any atom is 0.257 e. The molecule has 6 heteroatoms. The molecular formula is C15H20N4O2. The van der Waals surface area contributed by atoms with E-state index in [9.17, 15) is 9.90 Å².